The van der Waals surface area contributed by atoms with E-state index in [-0.39, 0.29) is 163 Å². The molecule has 0 aromatic heterocycles. The summed E-state index contributed by atoms with van der Waals surface area (Å²) in [7, 11) is 0. The van der Waals surface area contributed by atoms with Crippen molar-refractivity contribution in [3.8, 4) is 0 Å². The number of amides is 16. The zero-order valence-corrected chi connectivity index (χ0v) is 82.7. The maximum atomic E-state index is 14.9. The number of nitrogens with one attached hydrogen (secondary N) is 15. The van der Waals surface area contributed by atoms with Crippen molar-refractivity contribution in [2.45, 2.75) is 388 Å². The second-order valence-corrected chi connectivity index (χ2v) is 38.7. The highest BCUT2D eigenvalue weighted by molar-refractivity contribution is 6.01. The molecule has 0 saturated heterocycles. The molecular weight excluding hydrogens is 1700 g/mol. The summed E-state index contributed by atoms with van der Waals surface area (Å²) in [6.07, 6.45) is 7.49. The molecular formula is C92H178N24O16. The van der Waals surface area contributed by atoms with Crippen molar-refractivity contribution in [2.75, 3.05) is 52.4 Å². The van der Waals surface area contributed by atoms with Crippen molar-refractivity contribution in [3.05, 3.63) is 0 Å². The Balaban J connectivity index is 7.48. The third-order valence-electron chi connectivity index (χ3n) is 21.9. The topological polar surface area (TPSA) is 688 Å². The van der Waals surface area contributed by atoms with Gasteiger partial charge in [0.25, 0.3) is 0 Å². The lowest BCUT2D eigenvalue weighted by atomic mass is 9.98. The monoisotopic (exact) mass is 1880 g/mol. The Morgan fingerprint density at radius 1 is 0.182 bits per heavy atom. The van der Waals surface area contributed by atoms with Crippen LogP contribution in [0.4, 0.5) is 0 Å². The predicted molar refractivity (Wildman–Crippen MR) is 513 cm³/mol. The molecule has 0 spiro atoms. The number of unbranched alkanes of at least 4 members (excludes halogenated alkanes) is 7. The van der Waals surface area contributed by atoms with Crippen molar-refractivity contribution >= 4 is 94.5 Å². The van der Waals surface area contributed by atoms with E-state index in [1.807, 2.05) is 111 Å². The summed E-state index contributed by atoms with van der Waals surface area (Å²) in [5.74, 6) is -13.0. The van der Waals surface area contributed by atoms with E-state index in [4.69, 9.17) is 51.6 Å². The molecule has 0 bridgehead atoms. The van der Waals surface area contributed by atoms with Crippen LogP contribution in [0.1, 0.15) is 297 Å². The molecule has 0 rings (SSSR count). The second kappa shape index (κ2) is 69.9. The fourth-order valence-corrected chi connectivity index (χ4v) is 15.0. The maximum Gasteiger partial charge on any atom is 0.243 e. The summed E-state index contributed by atoms with van der Waals surface area (Å²) in [6.45, 7) is 30.9. The lowest BCUT2D eigenvalue weighted by Crippen LogP contribution is -2.61. The Hall–Kier alpha value is -8.80. The van der Waals surface area contributed by atoms with Crippen LogP contribution < -0.4 is 131 Å². The van der Waals surface area contributed by atoms with Crippen molar-refractivity contribution < 1.29 is 76.7 Å². The lowest BCUT2D eigenvalue weighted by Gasteiger charge is -2.30. The standard InChI is InChI=1S/C92H178N24O16/c1-54(2)45-62(100)78(118)103-64(32-18-25-39-94)80(120)105-66(34-20-27-41-96)82(122)111-74(50-59(11)12)90(130)116-73(49-58(9)10)89(129)109-69(37-23-30-44-99)85(125)113-76(52-61(15)16)92(132)114-71(47-56(5)6)87(127)107-65(33-19-26-40-95)81(121)106-67(35-21-28-42-97)83(123)112-75(51-60(13)14)91(131)115-72(48-57(7)8)88(128)108-68(36-22-29-43-98)84(124)110-70(46-55(3)4)86(126)104-63(31-17-24-38-93)79(119)102-53-77(101)117/h54-76H,17-53,93-100H2,1-16H3,(H2,101,117)(H,102,119)(H,103,118)(H,104,126)(H,105,120)(H,106,121)(H,107,127)(H,108,128)(H,109,129)(H,110,124)(H,111,122)(H,112,123)(H,113,125)(H,114,132)(H,115,131)(H,116,130)/t62-,63-,64-,65-,66-,67-,68-,69-,70-,71-,72-,73-,74-,75-,76-/m0/s1. The van der Waals surface area contributed by atoms with Gasteiger partial charge in [-0.25, -0.2) is 0 Å². The Morgan fingerprint density at radius 2 is 0.311 bits per heavy atom. The van der Waals surface area contributed by atoms with Crippen LogP contribution in [0.3, 0.4) is 0 Å². The summed E-state index contributed by atoms with van der Waals surface area (Å²) in [5, 5.41) is 41.9. The van der Waals surface area contributed by atoms with Crippen LogP contribution in [0.5, 0.6) is 0 Å². The average Bonchev–Trinajstić information content (AvgIpc) is 0.857. The first kappa shape index (κ1) is 123. The van der Waals surface area contributed by atoms with Crippen LogP contribution >= 0.6 is 0 Å². The van der Waals surface area contributed by atoms with Gasteiger partial charge in [0.15, 0.2) is 0 Å². The van der Waals surface area contributed by atoms with Gasteiger partial charge in [-0.1, -0.05) is 111 Å². The lowest BCUT2D eigenvalue weighted by molar-refractivity contribution is -0.137. The molecule has 33 N–H and O–H groups in total. The number of carbonyl (C=O) groups is 16. The van der Waals surface area contributed by atoms with Crippen molar-refractivity contribution in [1.82, 2.24) is 79.8 Å². The first-order valence-corrected chi connectivity index (χ1v) is 48.7. The molecule has 762 valence electrons. The predicted octanol–water partition coefficient (Wildman–Crippen LogP) is -0.0258. The number of hydrogen-bond donors (Lipinski definition) is 24. The minimum absolute atomic E-state index is 0.0146. The van der Waals surface area contributed by atoms with Crippen LogP contribution in [-0.2, 0) is 76.7 Å². The van der Waals surface area contributed by atoms with Gasteiger partial charge in [0, 0.05) is 0 Å². The van der Waals surface area contributed by atoms with Crippen LogP contribution in [-0.4, -0.2) is 238 Å². The van der Waals surface area contributed by atoms with Crippen LogP contribution in [0.25, 0.3) is 0 Å². The average molecular weight is 1880 g/mol. The molecule has 0 radical (unpaired) electrons. The molecule has 0 aliphatic heterocycles. The Morgan fingerprint density at radius 3 is 0.447 bits per heavy atom. The van der Waals surface area contributed by atoms with Gasteiger partial charge in [-0.3, -0.25) is 76.7 Å². The molecule has 40 heteroatoms. The fourth-order valence-electron chi connectivity index (χ4n) is 15.0. The van der Waals surface area contributed by atoms with Crippen LogP contribution in [0.15, 0.2) is 0 Å². The highest BCUT2D eigenvalue weighted by atomic mass is 16.2. The van der Waals surface area contributed by atoms with Crippen molar-refractivity contribution in [3.63, 3.8) is 0 Å². The van der Waals surface area contributed by atoms with E-state index in [2.05, 4.69) is 79.8 Å². The van der Waals surface area contributed by atoms with Crippen LogP contribution in [0, 0.1) is 47.3 Å². The van der Waals surface area contributed by atoms with E-state index in [9.17, 15) is 76.7 Å². The van der Waals surface area contributed by atoms with E-state index < -0.39 is 192 Å². The third kappa shape index (κ3) is 54.5. The van der Waals surface area contributed by atoms with Gasteiger partial charge in [0.2, 0.25) is 94.5 Å². The summed E-state index contributed by atoms with van der Waals surface area (Å²) in [4.78, 5) is 229. The Bertz CT molecular complexity index is 3440. The Labute approximate surface area is 786 Å². The number of rotatable bonds is 75. The molecule has 0 aliphatic carbocycles. The number of hydrogen-bond acceptors (Lipinski definition) is 24. The molecule has 0 aromatic carbocycles. The largest absolute Gasteiger partial charge is 0.368 e. The summed E-state index contributed by atoms with van der Waals surface area (Å²) < 4.78 is 0. The van der Waals surface area contributed by atoms with Gasteiger partial charge in [-0.15, -0.1) is 0 Å². The van der Waals surface area contributed by atoms with E-state index >= 15 is 0 Å². The summed E-state index contributed by atoms with van der Waals surface area (Å²) in [5.41, 5.74) is 52.6. The van der Waals surface area contributed by atoms with Gasteiger partial charge >= 0.3 is 0 Å². The molecule has 0 heterocycles. The third-order valence-corrected chi connectivity index (χ3v) is 21.9. The highest BCUT2D eigenvalue weighted by Crippen LogP contribution is 2.20. The molecule has 40 nitrogen and oxygen atoms in total. The summed E-state index contributed by atoms with van der Waals surface area (Å²) in [6, 6.07) is -18.4. The smallest absolute Gasteiger partial charge is 0.243 e. The zero-order valence-electron chi connectivity index (χ0n) is 82.7. The second-order valence-electron chi connectivity index (χ2n) is 38.7. The van der Waals surface area contributed by atoms with E-state index in [1.54, 1.807) is 0 Å². The minimum atomic E-state index is -1.34. The van der Waals surface area contributed by atoms with Crippen LogP contribution in [0.2, 0.25) is 0 Å². The normalized spacial score (nSPS) is 15.0. The SMILES string of the molecule is CC(C)C[C@H](NC(=O)[C@H](CCCCN)NC(=O)[C@H](CC(C)C)NC(=O)[C@H](CC(C)C)NC(=O)[C@H](CCCCN)NC(=O)[C@H](CCCCN)NC(=O)[C@H](CC(C)C)NC(=O)[C@H](CC(C)C)NC(=O)[C@H](CCCCN)NC(=O)[C@H](CC(C)C)NC(=O)[C@H](CC(C)C)NC(=O)[C@H](CCCCN)NC(=O)[C@H](CCCCN)NC(=O)[C@@H](N)CC(C)C)C(=O)N[C@@H](CCCCN)C(=O)NCC(N)=O. The number of carbonyl (C=O) groups excluding carboxylic acids is 16. The van der Waals surface area contributed by atoms with Crippen molar-refractivity contribution in [1.29, 1.82) is 0 Å². The van der Waals surface area contributed by atoms with E-state index in [0.29, 0.717) is 116 Å². The molecule has 15 atom stereocenters. The maximum absolute atomic E-state index is 14.9. The molecule has 16 amide bonds. The van der Waals surface area contributed by atoms with Gasteiger partial charge < -0.3 is 131 Å². The molecule has 0 saturated carbocycles. The van der Waals surface area contributed by atoms with E-state index in [0.717, 1.165) is 0 Å². The molecule has 0 fully saturated rings. The van der Waals surface area contributed by atoms with Gasteiger partial charge in [-0.05, 0) is 279 Å². The zero-order chi connectivity index (χ0) is 100. The summed E-state index contributed by atoms with van der Waals surface area (Å²) >= 11 is 0. The van der Waals surface area contributed by atoms with Crippen molar-refractivity contribution in [2.24, 2.45) is 98.9 Å². The molecule has 0 aromatic rings. The molecule has 0 unspecified atom stereocenters. The van der Waals surface area contributed by atoms with E-state index in [1.165, 1.54) is 0 Å². The fraction of sp³-hybridized carbons (Fsp3) is 0.826. The molecule has 0 aliphatic rings. The quantitative estimate of drug-likeness (QED) is 0.0356. The van der Waals surface area contributed by atoms with Gasteiger partial charge in [0.05, 0.1) is 12.6 Å². The number of nitrogens with two attached hydrogens (primary N) is 9. The Kier molecular flexibility index (Phi) is 65.3. The highest BCUT2D eigenvalue weighted by Gasteiger charge is 2.40. The van der Waals surface area contributed by atoms with Gasteiger partial charge in [-0.2, -0.15) is 0 Å². The molecule has 132 heavy (non-hydrogen) atoms. The first-order chi connectivity index (χ1) is 62.2. The number of primary amides is 1. The van der Waals surface area contributed by atoms with Gasteiger partial charge in [0.1, 0.15) is 84.6 Å². The minimum Gasteiger partial charge on any atom is -0.368 e. The first-order valence-electron chi connectivity index (χ1n) is 48.7.